The molecule has 0 bridgehead atoms. The minimum absolute atomic E-state index is 0.0732. The van der Waals surface area contributed by atoms with Crippen LogP contribution in [0, 0.1) is 0 Å². The van der Waals surface area contributed by atoms with E-state index in [2.05, 4.69) is 26.2 Å². The zero-order chi connectivity index (χ0) is 11.4. The Morgan fingerprint density at radius 1 is 1.56 bits per heavy atom. The van der Waals surface area contributed by atoms with Crippen LogP contribution in [-0.2, 0) is 4.79 Å². The van der Waals surface area contributed by atoms with Crippen molar-refractivity contribution in [2.75, 3.05) is 11.1 Å². The predicted molar refractivity (Wildman–Crippen MR) is 70.7 cm³/mol. The van der Waals surface area contributed by atoms with Crippen molar-refractivity contribution in [3.05, 3.63) is 22.8 Å². The first-order valence-electron chi connectivity index (χ1n) is 5.30. The molecule has 1 N–H and O–H groups in total. The highest BCUT2D eigenvalue weighted by atomic mass is 79.9. The van der Waals surface area contributed by atoms with Crippen LogP contribution in [0.15, 0.2) is 22.8 Å². The summed E-state index contributed by atoms with van der Waals surface area (Å²) in [6, 6.07) is 3.70. The van der Waals surface area contributed by atoms with Crippen molar-refractivity contribution in [1.29, 1.82) is 0 Å². The fourth-order valence-electron chi connectivity index (χ4n) is 1.62. The summed E-state index contributed by atoms with van der Waals surface area (Å²) in [7, 11) is 0. The number of amides is 1. The quantitative estimate of drug-likeness (QED) is 0.913. The van der Waals surface area contributed by atoms with Crippen LogP contribution in [0.4, 0.5) is 5.82 Å². The molecule has 0 aliphatic carbocycles. The maximum atomic E-state index is 11.9. The molecular formula is C11H13BrN2OS. The van der Waals surface area contributed by atoms with Gasteiger partial charge in [0.15, 0.2) is 0 Å². The Bertz CT molecular complexity index is 380. The van der Waals surface area contributed by atoms with Crippen molar-refractivity contribution in [3.8, 4) is 0 Å². The van der Waals surface area contributed by atoms with E-state index in [1.54, 1.807) is 18.0 Å². The highest BCUT2D eigenvalue weighted by Gasteiger charge is 2.22. The third-order valence-corrected chi connectivity index (χ3v) is 4.49. The first kappa shape index (κ1) is 11.9. The van der Waals surface area contributed by atoms with Gasteiger partial charge in [-0.15, -0.1) is 11.8 Å². The van der Waals surface area contributed by atoms with Gasteiger partial charge in [0.05, 0.1) is 9.72 Å². The number of aromatic nitrogens is 1. The van der Waals surface area contributed by atoms with Crippen molar-refractivity contribution in [2.24, 2.45) is 0 Å². The number of nitrogens with zero attached hydrogens (tertiary/aromatic N) is 1. The molecule has 1 amide bonds. The molecule has 1 fully saturated rings. The molecule has 0 aromatic carbocycles. The average molecular weight is 301 g/mol. The third-order valence-electron chi connectivity index (χ3n) is 2.47. The van der Waals surface area contributed by atoms with E-state index in [1.807, 2.05) is 12.1 Å². The van der Waals surface area contributed by atoms with Gasteiger partial charge in [-0.25, -0.2) is 4.98 Å². The van der Waals surface area contributed by atoms with E-state index < -0.39 is 0 Å². The Balaban J connectivity index is 1.99. The summed E-state index contributed by atoms with van der Waals surface area (Å²) in [4.78, 5) is 16.1. The second-order valence-corrected chi connectivity index (χ2v) is 5.84. The molecule has 0 spiro atoms. The standard InChI is InChI=1S/C11H13BrN2OS/c12-8-4-3-6-13-10(8)14-11(15)9-5-1-2-7-16-9/h3-4,6,9H,1-2,5,7H2,(H,13,14,15). The van der Waals surface area contributed by atoms with Crippen LogP contribution in [0.2, 0.25) is 0 Å². The second kappa shape index (κ2) is 5.68. The van der Waals surface area contributed by atoms with Crippen LogP contribution < -0.4 is 5.32 Å². The summed E-state index contributed by atoms with van der Waals surface area (Å²) in [6.07, 6.45) is 5.02. The van der Waals surface area contributed by atoms with Gasteiger partial charge in [-0.05, 0) is 46.7 Å². The largest absolute Gasteiger partial charge is 0.309 e. The van der Waals surface area contributed by atoms with E-state index in [1.165, 1.54) is 6.42 Å². The molecule has 2 heterocycles. The van der Waals surface area contributed by atoms with Crippen LogP contribution >= 0.6 is 27.7 Å². The Kier molecular flexibility index (Phi) is 4.23. The second-order valence-electron chi connectivity index (χ2n) is 3.68. The monoisotopic (exact) mass is 300 g/mol. The first-order chi connectivity index (χ1) is 7.77. The summed E-state index contributed by atoms with van der Waals surface area (Å²) in [5.41, 5.74) is 0. The van der Waals surface area contributed by atoms with E-state index in [0.29, 0.717) is 5.82 Å². The Labute approximate surface area is 108 Å². The Morgan fingerprint density at radius 3 is 3.12 bits per heavy atom. The van der Waals surface area contributed by atoms with Gasteiger partial charge in [-0.2, -0.15) is 0 Å². The number of carbonyl (C=O) groups excluding carboxylic acids is 1. The molecule has 1 aliphatic heterocycles. The molecule has 16 heavy (non-hydrogen) atoms. The summed E-state index contributed by atoms with van der Waals surface area (Å²) >= 11 is 5.11. The molecule has 1 atom stereocenters. The van der Waals surface area contributed by atoms with Crippen LogP contribution in [-0.4, -0.2) is 21.9 Å². The lowest BCUT2D eigenvalue weighted by atomic mass is 10.2. The Hall–Kier alpha value is -0.550. The maximum Gasteiger partial charge on any atom is 0.238 e. The number of nitrogens with one attached hydrogen (secondary N) is 1. The molecule has 86 valence electrons. The molecule has 1 aromatic rings. The van der Waals surface area contributed by atoms with E-state index in [9.17, 15) is 4.79 Å². The number of hydrogen-bond acceptors (Lipinski definition) is 3. The van der Waals surface area contributed by atoms with Gasteiger partial charge in [0, 0.05) is 6.20 Å². The summed E-state index contributed by atoms with van der Waals surface area (Å²) < 4.78 is 0.823. The van der Waals surface area contributed by atoms with Gasteiger partial charge in [0.2, 0.25) is 5.91 Å². The molecule has 0 saturated carbocycles. The maximum absolute atomic E-state index is 11.9. The van der Waals surface area contributed by atoms with Crippen LogP contribution in [0.5, 0.6) is 0 Å². The number of carbonyl (C=O) groups is 1. The molecule has 3 nitrogen and oxygen atoms in total. The van der Waals surface area contributed by atoms with Gasteiger partial charge < -0.3 is 5.32 Å². The lowest BCUT2D eigenvalue weighted by Crippen LogP contribution is -2.28. The summed E-state index contributed by atoms with van der Waals surface area (Å²) in [5, 5.41) is 2.95. The minimum Gasteiger partial charge on any atom is -0.309 e. The Morgan fingerprint density at radius 2 is 2.44 bits per heavy atom. The topological polar surface area (TPSA) is 42.0 Å². The van der Waals surface area contributed by atoms with Crippen molar-refractivity contribution >= 4 is 39.4 Å². The SMILES string of the molecule is O=C(Nc1ncccc1Br)C1CCCCS1. The highest BCUT2D eigenvalue weighted by Crippen LogP contribution is 2.27. The fraction of sp³-hybridized carbons (Fsp3) is 0.455. The zero-order valence-electron chi connectivity index (χ0n) is 8.78. The molecular weight excluding hydrogens is 288 g/mol. The summed E-state index contributed by atoms with van der Waals surface area (Å²) in [6.45, 7) is 0. The van der Waals surface area contributed by atoms with Crippen molar-refractivity contribution < 1.29 is 4.79 Å². The molecule has 1 saturated heterocycles. The summed E-state index contributed by atoms with van der Waals surface area (Å²) in [5.74, 6) is 1.77. The normalized spacial score (nSPS) is 20.4. The van der Waals surface area contributed by atoms with E-state index in [0.717, 1.165) is 23.1 Å². The first-order valence-corrected chi connectivity index (χ1v) is 7.14. The third kappa shape index (κ3) is 2.98. The van der Waals surface area contributed by atoms with Gasteiger partial charge in [-0.3, -0.25) is 4.79 Å². The van der Waals surface area contributed by atoms with Gasteiger partial charge in [-0.1, -0.05) is 6.42 Å². The lowest BCUT2D eigenvalue weighted by Gasteiger charge is -2.20. The van der Waals surface area contributed by atoms with Crippen LogP contribution in [0.1, 0.15) is 19.3 Å². The molecule has 5 heteroatoms. The van der Waals surface area contributed by atoms with Crippen LogP contribution in [0.3, 0.4) is 0 Å². The van der Waals surface area contributed by atoms with Crippen LogP contribution in [0.25, 0.3) is 0 Å². The molecule has 2 rings (SSSR count). The molecule has 1 unspecified atom stereocenters. The predicted octanol–water partition coefficient (Wildman–Crippen LogP) is 3.07. The van der Waals surface area contributed by atoms with E-state index in [-0.39, 0.29) is 11.2 Å². The molecule has 1 aromatic heterocycles. The number of thioether (sulfide) groups is 1. The number of hydrogen-bond donors (Lipinski definition) is 1. The van der Waals surface area contributed by atoms with Crippen molar-refractivity contribution in [3.63, 3.8) is 0 Å². The average Bonchev–Trinajstić information content (AvgIpc) is 2.33. The number of rotatable bonds is 2. The lowest BCUT2D eigenvalue weighted by molar-refractivity contribution is -0.115. The molecule has 0 radical (unpaired) electrons. The highest BCUT2D eigenvalue weighted by molar-refractivity contribution is 9.10. The molecule has 1 aliphatic rings. The zero-order valence-corrected chi connectivity index (χ0v) is 11.2. The van der Waals surface area contributed by atoms with Crippen molar-refractivity contribution in [2.45, 2.75) is 24.5 Å². The van der Waals surface area contributed by atoms with Gasteiger partial charge in [0.25, 0.3) is 0 Å². The number of pyridine rings is 1. The van der Waals surface area contributed by atoms with Gasteiger partial charge >= 0.3 is 0 Å². The minimum atomic E-state index is 0.0732. The van der Waals surface area contributed by atoms with Crippen molar-refractivity contribution in [1.82, 2.24) is 4.98 Å². The number of anilines is 1. The van der Waals surface area contributed by atoms with E-state index in [4.69, 9.17) is 0 Å². The van der Waals surface area contributed by atoms with Gasteiger partial charge in [0.1, 0.15) is 5.82 Å². The van der Waals surface area contributed by atoms with E-state index >= 15 is 0 Å². The fourth-order valence-corrected chi connectivity index (χ4v) is 3.18. The number of halogens is 1. The smallest absolute Gasteiger partial charge is 0.238 e.